The average molecular weight is 237 g/mol. The Morgan fingerprint density at radius 3 is 2.76 bits per heavy atom. The third-order valence-corrected chi connectivity index (χ3v) is 3.20. The van der Waals surface area contributed by atoms with Crippen molar-refractivity contribution in [3.05, 3.63) is 18.0 Å². The van der Waals surface area contributed by atoms with Gasteiger partial charge in [-0.1, -0.05) is 13.8 Å². The van der Waals surface area contributed by atoms with Crippen LogP contribution >= 0.6 is 0 Å². The van der Waals surface area contributed by atoms with Gasteiger partial charge in [-0.15, -0.1) is 0 Å². The van der Waals surface area contributed by atoms with Crippen LogP contribution in [0, 0.1) is 0 Å². The van der Waals surface area contributed by atoms with Gasteiger partial charge in [-0.2, -0.15) is 5.10 Å². The van der Waals surface area contributed by atoms with Gasteiger partial charge < -0.3 is 5.32 Å². The monoisotopic (exact) mass is 237 g/mol. The van der Waals surface area contributed by atoms with Gasteiger partial charge in [0.2, 0.25) is 0 Å². The summed E-state index contributed by atoms with van der Waals surface area (Å²) in [6.45, 7) is 8.72. The van der Waals surface area contributed by atoms with Crippen LogP contribution in [0.15, 0.2) is 12.4 Å². The predicted molar refractivity (Wildman–Crippen MR) is 73.2 cm³/mol. The van der Waals surface area contributed by atoms with Crippen molar-refractivity contribution >= 4 is 0 Å². The van der Waals surface area contributed by atoms with E-state index in [9.17, 15) is 0 Å². The third-order valence-electron chi connectivity index (χ3n) is 3.20. The molecule has 0 radical (unpaired) electrons. The Morgan fingerprint density at radius 1 is 1.35 bits per heavy atom. The normalized spacial score (nSPS) is 12.9. The van der Waals surface area contributed by atoms with Crippen LogP contribution in [0.2, 0.25) is 0 Å². The lowest BCUT2D eigenvalue weighted by atomic mass is 10.1. The first kappa shape index (κ1) is 14.2. The van der Waals surface area contributed by atoms with Crippen molar-refractivity contribution < 1.29 is 0 Å². The molecule has 0 amide bonds. The fourth-order valence-electron chi connectivity index (χ4n) is 2.06. The molecule has 0 aliphatic rings. The fourth-order valence-corrected chi connectivity index (χ4v) is 2.06. The minimum absolute atomic E-state index is 0.691. The lowest BCUT2D eigenvalue weighted by molar-refractivity contribution is 0.456. The summed E-state index contributed by atoms with van der Waals surface area (Å²) in [6, 6.07) is 0.691. The van der Waals surface area contributed by atoms with Crippen LogP contribution in [0.5, 0.6) is 0 Å². The summed E-state index contributed by atoms with van der Waals surface area (Å²) in [4.78, 5) is 0. The molecule has 1 rings (SSSR count). The fraction of sp³-hybridized carbons (Fsp3) is 0.786. The molecule has 98 valence electrons. The van der Waals surface area contributed by atoms with E-state index in [1.807, 2.05) is 10.9 Å². The summed E-state index contributed by atoms with van der Waals surface area (Å²) in [7, 11) is 0. The zero-order chi connectivity index (χ0) is 12.5. The summed E-state index contributed by atoms with van der Waals surface area (Å²) < 4.78 is 2.00. The molecule has 1 N–H and O–H groups in total. The maximum Gasteiger partial charge on any atom is 0.0521 e. The first-order valence-corrected chi connectivity index (χ1v) is 7.04. The summed E-state index contributed by atoms with van der Waals surface area (Å²) in [5.74, 6) is 0. The van der Waals surface area contributed by atoms with Crippen LogP contribution in [0.1, 0.15) is 52.0 Å². The van der Waals surface area contributed by atoms with Crippen LogP contribution in [0.4, 0.5) is 0 Å². The molecule has 1 unspecified atom stereocenters. The van der Waals surface area contributed by atoms with Gasteiger partial charge in [0.05, 0.1) is 6.20 Å². The number of nitrogens with zero attached hydrogens (tertiary/aromatic N) is 2. The quantitative estimate of drug-likeness (QED) is 0.715. The standard InChI is InChI=1S/C14H27N3/c1-4-10-15-14(5-2)9-7-8-13-11-16-17(6-3)12-13/h11-12,14-15H,4-10H2,1-3H3. The molecular formula is C14H27N3. The highest BCUT2D eigenvalue weighted by Crippen LogP contribution is 2.08. The number of aromatic nitrogens is 2. The van der Waals surface area contributed by atoms with E-state index < -0.39 is 0 Å². The van der Waals surface area contributed by atoms with E-state index in [0.29, 0.717) is 6.04 Å². The zero-order valence-electron chi connectivity index (χ0n) is 11.6. The second kappa shape index (κ2) is 8.29. The summed E-state index contributed by atoms with van der Waals surface area (Å²) >= 11 is 0. The van der Waals surface area contributed by atoms with Gasteiger partial charge >= 0.3 is 0 Å². The lowest BCUT2D eigenvalue weighted by Crippen LogP contribution is -2.29. The molecule has 3 nitrogen and oxygen atoms in total. The first-order chi connectivity index (χ1) is 8.30. The molecule has 0 aliphatic carbocycles. The van der Waals surface area contributed by atoms with E-state index in [-0.39, 0.29) is 0 Å². The van der Waals surface area contributed by atoms with E-state index in [1.54, 1.807) is 0 Å². The molecule has 1 atom stereocenters. The van der Waals surface area contributed by atoms with Gasteiger partial charge in [0, 0.05) is 18.8 Å². The number of nitrogens with one attached hydrogen (secondary N) is 1. The SMILES string of the molecule is CCCNC(CC)CCCc1cnn(CC)c1. The second-order valence-electron chi connectivity index (χ2n) is 4.66. The number of hydrogen-bond donors (Lipinski definition) is 1. The van der Waals surface area contributed by atoms with Gasteiger partial charge in [-0.05, 0) is 51.1 Å². The lowest BCUT2D eigenvalue weighted by Gasteiger charge is -2.15. The molecule has 0 saturated carbocycles. The molecule has 0 aliphatic heterocycles. The van der Waals surface area contributed by atoms with Crippen LogP contribution in [0.25, 0.3) is 0 Å². The Morgan fingerprint density at radius 2 is 2.18 bits per heavy atom. The summed E-state index contributed by atoms with van der Waals surface area (Å²) in [5, 5.41) is 7.90. The molecule has 1 aromatic rings. The molecule has 3 heteroatoms. The second-order valence-corrected chi connectivity index (χ2v) is 4.66. The Hall–Kier alpha value is -0.830. The minimum atomic E-state index is 0.691. The van der Waals surface area contributed by atoms with E-state index in [4.69, 9.17) is 0 Å². The van der Waals surface area contributed by atoms with Crippen molar-refractivity contribution in [1.29, 1.82) is 0 Å². The van der Waals surface area contributed by atoms with E-state index in [0.717, 1.165) is 19.5 Å². The number of rotatable bonds is 9. The predicted octanol–water partition coefficient (Wildman–Crippen LogP) is 3.00. The van der Waals surface area contributed by atoms with Gasteiger partial charge in [-0.3, -0.25) is 4.68 Å². The summed E-state index contributed by atoms with van der Waals surface area (Å²) in [6.07, 6.45) is 10.3. The van der Waals surface area contributed by atoms with Crippen molar-refractivity contribution in [3.63, 3.8) is 0 Å². The smallest absolute Gasteiger partial charge is 0.0521 e. The first-order valence-electron chi connectivity index (χ1n) is 7.04. The third kappa shape index (κ3) is 5.35. The number of hydrogen-bond acceptors (Lipinski definition) is 2. The van der Waals surface area contributed by atoms with Crippen molar-refractivity contribution in [1.82, 2.24) is 15.1 Å². The summed E-state index contributed by atoms with van der Waals surface area (Å²) in [5.41, 5.74) is 1.37. The molecule has 17 heavy (non-hydrogen) atoms. The van der Waals surface area contributed by atoms with Crippen LogP contribution in [-0.2, 0) is 13.0 Å². The highest BCUT2D eigenvalue weighted by Gasteiger charge is 2.05. The highest BCUT2D eigenvalue weighted by molar-refractivity contribution is 5.03. The Balaban J connectivity index is 2.21. The maximum absolute atomic E-state index is 4.30. The molecule has 0 fully saturated rings. The van der Waals surface area contributed by atoms with E-state index >= 15 is 0 Å². The Kier molecular flexibility index (Phi) is 6.94. The van der Waals surface area contributed by atoms with Crippen molar-refractivity contribution in [2.45, 2.75) is 65.5 Å². The molecule has 0 aromatic carbocycles. The largest absolute Gasteiger partial charge is 0.314 e. The Labute approximate surface area is 106 Å². The van der Waals surface area contributed by atoms with Gasteiger partial charge in [-0.25, -0.2) is 0 Å². The van der Waals surface area contributed by atoms with Crippen LogP contribution in [-0.4, -0.2) is 22.4 Å². The number of aryl methyl sites for hydroxylation is 2. The molecular weight excluding hydrogens is 210 g/mol. The molecule has 0 bridgehead atoms. The highest BCUT2D eigenvalue weighted by atomic mass is 15.3. The van der Waals surface area contributed by atoms with Crippen molar-refractivity contribution in [2.75, 3.05) is 6.54 Å². The average Bonchev–Trinajstić information content (AvgIpc) is 2.81. The zero-order valence-corrected chi connectivity index (χ0v) is 11.6. The molecule has 1 heterocycles. The van der Waals surface area contributed by atoms with Crippen LogP contribution in [0.3, 0.4) is 0 Å². The van der Waals surface area contributed by atoms with Crippen LogP contribution < -0.4 is 5.32 Å². The topological polar surface area (TPSA) is 29.9 Å². The van der Waals surface area contributed by atoms with E-state index in [1.165, 1.54) is 31.2 Å². The molecule has 0 spiro atoms. The Bertz CT molecular complexity index is 293. The maximum atomic E-state index is 4.30. The molecule has 0 saturated heterocycles. The van der Waals surface area contributed by atoms with Crippen molar-refractivity contribution in [3.8, 4) is 0 Å². The van der Waals surface area contributed by atoms with Gasteiger partial charge in [0.25, 0.3) is 0 Å². The van der Waals surface area contributed by atoms with E-state index in [2.05, 4.69) is 37.4 Å². The molecule has 1 aromatic heterocycles. The van der Waals surface area contributed by atoms with Gasteiger partial charge in [0.15, 0.2) is 0 Å². The van der Waals surface area contributed by atoms with Crippen molar-refractivity contribution in [2.24, 2.45) is 0 Å². The minimum Gasteiger partial charge on any atom is -0.314 e. The van der Waals surface area contributed by atoms with Gasteiger partial charge in [0.1, 0.15) is 0 Å².